The van der Waals surface area contributed by atoms with E-state index < -0.39 is 0 Å². The van der Waals surface area contributed by atoms with Crippen LogP contribution in [0, 0.1) is 0 Å². The molecule has 0 saturated heterocycles. The molecule has 2 heterocycles. The topological polar surface area (TPSA) is 54.8 Å². The molecule has 5 nitrogen and oxygen atoms in total. The number of halogens is 1. The number of fused-ring (bicyclic) bond motifs is 1. The van der Waals surface area contributed by atoms with Crippen molar-refractivity contribution in [3.05, 3.63) is 88.9 Å². The smallest absolute Gasteiger partial charge is 0.253 e. The Morgan fingerprint density at radius 2 is 1.88 bits per heavy atom. The van der Waals surface area contributed by atoms with Crippen LogP contribution in [0.1, 0.15) is 23.6 Å². The number of amides is 1. The molecule has 1 unspecified atom stereocenters. The quantitative estimate of drug-likeness (QED) is 0.290. The largest absolute Gasteiger partial charge is 0.497 e. The maximum atomic E-state index is 13.3. The Morgan fingerprint density at radius 3 is 2.61 bits per heavy atom. The molecule has 1 aromatic heterocycles. The Bertz CT molecular complexity index is 1290. The van der Waals surface area contributed by atoms with Crippen molar-refractivity contribution in [2.75, 3.05) is 12.9 Å². The van der Waals surface area contributed by atoms with Crippen molar-refractivity contribution in [2.45, 2.75) is 16.8 Å². The standard InChI is InChI=1S/C25H20ClN3O2S2/c1-31-19-12-8-17(9-13-19)22-14-21(16-6-10-18(26)11-7-16)28-29(22)24(30)15-32-25-27-20-4-2-3-5-23(20)33-25/h2-13,22H,14-15H2,1H3. The van der Waals surface area contributed by atoms with Crippen LogP contribution in [-0.2, 0) is 4.79 Å². The maximum Gasteiger partial charge on any atom is 0.253 e. The molecule has 0 fully saturated rings. The number of carbonyl (C=O) groups excluding carboxylic acids is 1. The molecule has 0 saturated carbocycles. The minimum absolute atomic E-state index is 0.0518. The molecule has 1 aliphatic rings. The van der Waals surface area contributed by atoms with E-state index >= 15 is 0 Å². The summed E-state index contributed by atoms with van der Waals surface area (Å²) in [6, 6.07) is 23.2. The number of methoxy groups -OCH3 is 1. The lowest BCUT2D eigenvalue weighted by atomic mass is 9.98. The van der Waals surface area contributed by atoms with E-state index in [1.54, 1.807) is 23.5 Å². The molecule has 3 aromatic carbocycles. The number of thioether (sulfide) groups is 1. The van der Waals surface area contributed by atoms with Crippen molar-refractivity contribution >= 4 is 56.5 Å². The van der Waals surface area contributed by atoms with Gasteiger partial charge >= 0.3 is 0 Å². The van der Waals surface area contributed by atoms with Crippen LogP contribution in [0.2, 0.25) is 5.02 Å². The van der Waals surface area contributed by atoms with Gasteiger partial charge in [-0.3, -0.25) is 4.79 Å². The van der Waals surface area contributed by atoms with E-state index in [0.717, 1.165) is 37.1 Å². The maximum absolute atomic E-state index is 13.3. The van der Waals surface area contributed by atoms with E-state index in [2.05, 4.69) is 4.98 Å². The normalized spacial score (nSPS) is 15.6. The predicted octanol–water partition coefficient (Wildman–Crippen LogP) is 6.43. The molecule has 4 aromatic rings. The second kappa shape index (κ2) is 9.55. The van der Waals surface area contributed by atoms with Gasteiger partial charge in [0.05, 0.1) is 34.8 Å². The van der Waals surface area contributed by atoms with Gasteiger partial charge in [0.1, 0.15) is 5.75 Å². The second-order valence-corrected chi connectivity index (χ2v) is 10.2. The Labute approximate surface area is 205 Å². The van der Waals surface area contributed by atoms with Crippen LogP contribution in [0.5, 0.6) is 5.75 Å². The average molecular weight is 494 g/mol. The first-order valence-corrected chi connectivity index (χ1v) is 12.6. The van der Waals surface area contributed by atoms with Crippen LogP contribution < -0.4 is 4.74 Å². The van der Waals surface area contributed by atoms with Crippen LogP contribution in [0.4, 0.5) is 0 Å². The van der Waals surface area contributed by atoms with Crippen molar-refractivity contribution in [1.82, 2.24) is 9.99 Å². The van der Waals surface area contributed by atoms with Crippen LogP contribution in [0.25, 0.3) is 10.2 Å². The van der Waals surface area contributed by atoms with Gasteiger partial charge in [-0.1, -0.05) is 59.8 Å². The highest BCUT2D eigenvalue weighted by Crippen LogP contribution is 2.35. The SMILES string of the molecule is COc1ccc(C2CC(c3ccc(Cl)cc3)=NN2C(=O)CSc2nc3ccccc3s2)cc1. The molecule has 0 aliphatic carbocycles. The molecule has 0 spiro atoms. The van der Waals surface area contributed by atoms with Crippen LogP contribution in [-0.4, -0.2) is 34.5 Å². The van der Waals surface area contributed by atoms with Gasteiger partial charge in [0.25, 0.3) is 5.91 Å². The molecule has 8 heteroatoms. The van der Waals surface area contributed by atoms with Gasteiger partial charge in [-0.05, 0) is 47.5 Å². The van der Waals surface area contributed by atoms with E-state index in [1.165, 1.54) is 11.8 Å². The highest BCUT2D eigenvalue weighted by Gasteiger charge is 2.33. The van der Waals surface area contributed by atoms with Crippen molar-refractivity contribution in [1.29, 1.82) is 0 Å². The summed E-state index contributed by atoms with van der Waals surface area (Å²) in [6.45, 7) is 0. The molecule has 1 aliphatic heterocycles. The minimum Gasteiger partial charge on any atom is -0.497 e. The number of aromatic nitrogens is 1. The lowest BCUT2D eigenvalue weighted by Crippen LogP contribution is -2.28. The highest BCUT2D eigenvalue weighted by atomic mass is 35.5. The fourth-order valence-electron chi connectivity index (χ4n) is 3.75. The summed E-state index contributed by atoms with van der Waals surface area (Å²) in [6.07, 6.45) is 0.630. The third-order valence-electron chi connectivity index (χ3n) is 5.44. The number of hydrazone groups is 1. The first-order chi connectivity index (χ1) is 16.1. The molecule has 0 N–H and O–H groups in total. The number of benzene rings is 3. The lowest BCUT2D eigenvalue weighted by molar-refractivity contribution is -0.130. The zero-order chi connectivity index (χ0) is 22.8. The molecule has 5 rings (SSSR count). The summed E-state index contributed by atoms with van der Waals surface area (Å²) >= 11 is 9.11. The highest BCUT2D eigenvalue weighted by molar-refractivity contribution is 8.01. The third kappa shape index (κ3) is 4.76. The summed E-state index contributed by atoms with van der Waals surface area (Å²) < 4.78 is 7.29. The van der Waals surface area contributed by atoms with Crippen molar-refractivity contribution < 1.29 is 9.53 Å². The molecule has 1 atom stereocenters. The second-order valence-electron chi connectivity index (χ2n) is 7.52. The van der Waals surface area contributed by atoms with Crippen LogP contribution in [0.15, 0.2) is 82.2 Å². The summed E-state index contributed by atoms with van der Waals surface area (Å²) in [5.74, 6) is 0.994. The Hall–Kier alpha value is -2.87. The van der Waals surface area contributed by atoms with Crippen molar-refractivity contribution in [3.8, 4) is 5.75 Å². The third-order valence-corrected chi connectivity index (χ3v) is 7.85. The molecule has 166 valence electrons. The van der Waals surface area contributed by atoms with E-state index in [-0.39, 0.29) is 17.7 Å². The summed E-state index contributed by atoms with van der Waals surface area (Å²) in [5.41, 5.74) is 3.80. The fraction of sp³-hybridized carbons (Fsp3) is 0.160. The van der Waals surface area contributed by atoms with E-state index in [0.29, 0.717) is 11.4 Å². The molecular formula is C25H20ClN3O2S2. The van der Waals surface area contributed by atoms with Crippen LogP contribution >= 0.6 is 34.7 Å². The van der Waals surface area contributed by atoms with Crippen molar-refractivity contribution in [3.63, 3.8) is 0 Å². The summed E-state index contributed by atoms with van der Waals surface area (Å²) in [4.78, 5) is 17.9. The molecule has 33 heavy (non-hydrogen) atoms. The number of hydrogen-bond donors (Lipinski definition) is 0. The van der Waals surface area contributed by atoms with E-state index in [9.17, 15) is 4.79 Å². The summed E-state index contributed by atoms with van der Waals surface area (Å²) in [5, 5.41) is 7.03. The van der Waals surface area contributed by atoms with E-state index in [1.807, 2.05) is 72.8 Å². The van der Waals surface area contributed by atoms with Gasteiger partial charge in [0.15, 0.2) is 4.34 Å². The fourth-order valence-corrected chi connectivity index (χ4v) is 5.79. The number of nitrogens with zero attached hydrogens (tertiary/aromatic N) is 3. The monoisotopic (exact) mass is 493 g/mol. The van der Waals surface area contributed by atoms with Gasteiger partial charge in [-0.2, -0.15) is 5.10 Å². The average Bonchev–Trinajstić information content (AvgIpc) is 3.48. The van der Waals surface area contributed by atoms with Crippen molar-refractivity contribution in [2.24, 2.45) is 5.10 Å². The van der Waals surface area contributed by atoms with Gasteiger partial charge < -0.3 is 4.74 Å². The van der Waals surface area contributed by atoms with Crippen LogP contribution in [0.3, 0.4) is 0 Å². The number of hydrogen-bond acceptors (Lipinski definition) is 6. The van der Waals surface area contributed by atoms with Gasteiger partial charge in [-0.15, -0.1) is 11.3 Å². The Morgan fingerprint density at radius 1 is 1.12 bits per heavy atom. The number of para-hydroxylation sites is 1. The molecule has 0 bridgehead atoms. The van der Waals surface area contributed by atoms with E-state index in [4.69, 9.17) is 21.4 Å². The number of carbonyl (C=O) groups is 1. The molecule has 1 amide bonds. The van der Waals surface area contributed by atoms with Gasteiger partial charge in [-0.25, -0.2) is 9.99 Å². The molecular weight excluding hydrogens is 474 g/mol. The Balaban J connectivity index is 1.39. The molecule has 0 radical (unpaired) electrons. The van der Waals surface area contributed by atoms with Gasteiger partial charge in [0.2, 0.25) is 0 Å². The summed E-state index contributed by atoms with van der Waals surface area (Å²) in [7, 11) is 1.64. The number of thiazole rings is 1. The number of ether oxygens (including phenoxy) is 1. The lowest BCUT2D eigenvalue weighted by Gasteiger charge is -2.22. The number of rotatable bonds is 6. The van der Waals surface area contributed by atoms with Gasteiger partial charge in [0, 0.05) is 11.4 Å². The first-order valence-electron chi connectivity index (χ1n) is 10.4. The first kappa shape index (κ1) is 21.9. The zero-order valence-electron chi connectivity index (χ0n) is 17.8. The zero-order valence-corrected chi connectivity index (χ0v) is 20.2. The predicted molar refractivity (Wildman–Crippen MR) is 136 cm³/mol. The Kier molecular flexibility index (Phi) is 6.35. The minimum atomic E-state index is -0.176.